The first-order chi connectivity index (χ1) is 8.11. The van der Waals surface area contributed by atoms with Gasteiger partial charge >= 0.3 is 0 Å². The lowest BCUT2D eigenvalue weighted by molar-refractivity contribution is -0.128. The first kappa shape index (κ1) is 13.5. The van der Waals surface area contributed by atoms with E-state index in [1.54, 1.807) is 5.48 Å². The Morgan fingerprint density at radius 2 is 1.94 bits per heavy atom. The van der Waals surface area contributed by atoms with Crippen molar-refractivity contribution in [2.45, 2.75) is 26.7 Å². The maximum absolute atomic E-state index is 10.9. The molecule has 1 aromatic rings. The number of hydroxylamine groups is 1. The Morgan fingerprint density at radius 1 is 1.29 bits per heavy atom. The summed E-state index contributed by atoms with van der Waals surface area (Å²) in [5.74, 6) is 0.292. The largest absolute Gasteiger partial charge is 0.385 e. The highest BCUT2D eigenvalue weighted by molar-refractivity contribution is 5.77. The number of nitrogens with one attached hydrogen (secondary N) is 2. The van der Waals surface area contributed by atoms with E-state index >= 15 is 0 Å². The second kappa shape index (κ2) is 6.91. The van der Waals surface area contributed by atoms with Gasteiger partial charge < -0.3 is 5.32 Å². The SMILES string of the molecule is CC(C)CCNc1ccc(CC(=O)NO)cc1. The van der Waals surface area contributed by atoms with Crippen molar-refractivity contribution in [3.63, 3.8) is 0 Å². The van der Waals surface area contributed by atoms with E-state index in [0.717, 1.165) is 24.2 Å². The molecule has 0 fully saturated rings. The summed E-state index contributed by atoms with van der Waals surface area (Å²) in [7, 11) is 0. The van der Waals surface area contributed by atoms with E-state index in [2.05, 4.69) is 19.2 Å². The molecule has 94 valence electrons. The Kier molecular flexibility index (Phi) is 5.49. The molecule has 0 heterocycles. The molecule has 0 aliphatic carbocycles. The fraction of sp³-hybridized carbons (Fsp3) is 0.462. The van der Waals surface area contributed by atoms with E-state index in [0.29, 0.717) is 5.92 Å². The summed E-state index contributed by atoms with van der Waals surface area (Å²) in [4.78, 5) is 10.9. The van der Waals surface area contributed by atoms with Crippen molar-refractivity contribution in [3.8, 4) is 0 Å². The van der Waals surface area contributed by atoms with Crippen molar-refractivity contribution in [1.29, 1.82) is 0 Å². The smallest absolute Gasteiger partial charge is 0.247 e. The van der Waals surface area contributed by atoms with Crippen LogP contribution in [0.3, 0.4) is 0 Å². The van der Waals surface area contributed by atoms with E-state index in [9.17, 15) is 4.79 Å². The maximum atomic E-state index is 10.9. The number of carbonyl (C=O) groups excluding carboxylic acids is 1. The summed E-state index contributed by atoms with van der Waals surface area (Å²) in [5.41, 5.74) is 3.56. The molecule has 4 nitrogen and oxygen atoms in total. The maximum Gasteiger partial charge on any atom is 0.247 e. The van der Waals surface area contributed by atoms with Crippen molar-refractivity contribution in [2.24, 2.45) is 5.92 Å². The number of amides is 1. The van der Waals surface area contributed by atoms with Crippen LogP contribution in [0.25, 0.3) is 0 Å². The Balaban J connectivity index is 2.42. The Hall–Kier alpha value is -1.55. The molecule has 0 spiro atoms. The van der Waals surface area contributed by atoms with Crippen LogP contribution in [-0.4, -0.2) is 17.7 Å². The number of rotatable bonds is 6. The van der Waals surface area contributed by atoms with Gasteiger partial charge in [0, 0.05) is 12.2 Å². The molecule has 0 aliphatic rings. The van der Waals surface area contributed by atoms with Crippen LogP contribution in [0, 0.1) is 5.92 Å². The van der Waals surface area contributed by atoms with Crippen LogP contribution in [0.5, 0.6) is 0 Å². The van der Waals surface area contributed by atoms with Crippen molar-refractivity contribution in [1.82, 2.24) is 5.48 Å². The molecule has 1 aromatic carbocycles. The van der Waals surface area contributed by atoms with E-state index in [1.165, 1.54) is 0 Å². The minimum absolute atomic E-state index is 0.197. The van der Waals surface area contributed by atoms with Crippen LogP contribution >= 0.6 is 0 Å². The zero-order chi connectivity index (χ0) is 12.7. The molecule has 0 unspecified atom stereocenters. The average molecular weight is 236 g/mol. The molecular formula is C13H20N2O2. The quantitative estimate of drug-likeness (QED) is 0.524. The number of hydrogen-bond donors (Lipinski definition) is 3. The predicted molar refractivity (Wildman–Crippen MR) is 68.0 cm³/mol. The van der Waals surface area contributed by atoms with E-state index in [1.807, 2.05) is 24.3 Å². The van der Waals surface area contributed by atoms with Crippen molar-refractivity contribution < 1.29 is 10.0 Å². The van der Waals surface area contributed by atoms with E-state index in [-0.39, 0.29) is 6.42 Å². The summed E-state index contributed by atoms with van der Waals surface area (Å²) >= 11 is 0. The fourth-order valence-electron chi connectivity index (χ4n) is 1.47. The van der Waals surface area contributed by atoms with Gasteiger partial charge in [-0.25, -0.2) is 5.48 Å². The molecule has 17 heavy (non-hydrogen) atoms. The van der Waals surface area contributed by atoms with Crippen LogP contribution in [-0.2, 0) is 11.2 Å². The second-order valence-electron chi connectivity index (χ2n) is 4.52. The topological polar surface area (TPSA) is 61.4 Å². The molecule has 0 saturated heterocycles. The molecule has 1 amide bonds. The van der Waals surface area contributed by atoms with Gasteiger partial charge in [-0.05, 0) is 30.0 Å². The summed E-state index contributed by atoms with van der Waals surface area (Å²) < 4.78 is 0. The zero-order valence-corrected chi connectivity index (χ0v) is 10.4. The third-order valence-electron chi connectivity index (χ3n) is 2.49. The van der Waals surface area contributed by atoms with Gasteiger partial charge in [-0.2, -0.15) is 0 Å². The lowest BCUT2D eigenvalue weighted by atomic mass is 10.1. The Morgan fingerprint density at radius 3 is 2.47 bits per heavy atom. The monoisotopic (exact) mass is 236 g/mol. The highest BCUT2D eigenvalue weighted by Gasteiger charge is 2.01. The van der Waals surface area contributed by atoms with E-state index < -0.39 is 5.91 Å². The van der Waals surface area contributed by atoms with Gasteiger partial charge in [0.15, 0.2) is 0 Å². The van der Waals surface area contributed by atoms with Crippen molar-refractivity contribution >= 4 is 11.6 Å². The van der Waals surface area contributed by atoms with Gasteiger partial charge in [0.05, 0.1) is 6.42 Å². The van der Waals surface area contributed by atoms with Crippen LogP contribution < -0.4 is 10.8 Å². The number of carbonyl (C=O) groups is 1. The van der Waals surface area contributed by atoms with Gasteiger partial charge in [0.1, 0.15) is 0 Å². The molecule has 0 saturated carbocycles. The molecule has 4 heteroatoms. The van der Waals surface area contributed by atoms with Crippen molar-refractivity contribution in [2.75, 3.05) is 11.9 Å². The average Bonchev–Trinajstić information content (AvgIpc) is 2.31. The molecular weight excluding hydrogens is 216 g/mol. The van der Waals surface area contributed by atoms with Gasteiger partial charge in [0.25, 0.3) is 0 Å². The molecule has 0 aromatic heterocycles. The summed E-state index contributed by atoms with van der Waals surface area (Å²) in [6.07, 6.45) is 1.33. The van der Waals surface area contributed by atoms with Crippen molar-refractivity contribution in [3.05, 3.63) is 29.8 Å². The highest BCUT2D eigenvalue weighted by atomic mass is 16.5. The number of hydrogen-bond acceptors (Lipinski definition) is 3. The minimum Gasteiger partial charge on any atom is -0.385 e. The predicted octanol–water partition coefficient (Wildman–Crippen LogP) is 2.19. The normalized spacial score (nSPS) is 10.4. The molecule has 3 N–H and O–H groups in total. The van der Waals surface area contributed by atoms with Gasteiger partial charge in [-0.1, -0.05) is 26.0 Å². The lowest BCUT2D eigenvalue weighted by Crippen LogP contribution is -2.20. The van der Waals surface area contributed by atoms with Crippen LogP contribution in [0.1, 0.15) is 25.8 Å². The summed E-state index contributed by atoms with van der Waals surface area (Å²) in [6, 6.07) is 7.65. The first-order valence-corrected chi connectivity index (χ1v) is 5.87. The zero-order valence-electron chi connectivity index (χ0n) is 10.4. The van der Waals surface area contributed by atoms with Crippen LogP contribution in [0.2, 0.25) is 0 Å². The fourth-order valence-corrected chi connectivity index (χ4v) is 1.47. The molecule has 0 aliphatic heterocycles. The third kappa shape index (κ3) is 5.36. The van der Waals surface area contributed by atoms with E-state index in [4.69, 9.17) is 5.21 Å². The number of anilines is 1. The lowest BCUT2D eigenvalue weighted by Gasteiger charge is -2.08. The minimum atomic E-state index is -0.398. The highest BCUT2D eigenvalue weighted by Crippen LogP contribution is 2.10. The Bertz CT molecular complexity index is 347. The van der Waals surface area contributed by atoms with Gasteiger partial charge in [0.2, 0.25) is 5.91 Å². The van der Waals surface area contributed by atoms with Crippen LogP contribution in [0.4, 0.5) is 5.69 Å². The molecule has 1 rings (SSSR count). The molecule has 0 atom stereocenters. The van der Waals surface area contributed by atoms with Gasteiger partial charge in [-0.3, -0.25) is 10.0 Å². The molecule has 0 bridgehead atoms. The first-order valence-electron chi connectivity index (χ1n) is 5.87. The second-order valence-corrected chi connectivity index (χ2v) is 4.52. The number of benzene rings is 1. The standard InChI is InChI=1S/C13H20N2O2/c1-10(2)7-8-14-12-5-3-11(4-6-12)9-13(16)15-17/h3-6,10,14,17H,7-9H2,1-2H3,(H,15,16). The Labute approximate surface area is 102 Å². The summed E-state index contributed by atoms with van der Waals surface area (Å²) in [6.45, 7) is 5.34. The van der Waals surface area contributed by atoms with Crippen LogP contribution in [0.15, 0.2) is 24.3 Å². The summed E-state index contributed by atoms with van der Waals surface area (Å²) in [5, 5.41) is 11.7. The molecule has 0 radical (unpaired) electrons. The van der Waals surface area contributed by atoms with Gasteiger partial charge in [-0.15, -0.1) is 0 Å². The third-order valence-corrected chi connectivity index (χ3v) is 2.49.